The van der Waals surface area contributed by atoms with Gasteiger partial charge in [0.05, 0.1) is 10.7 Å². The first-order valence-electron chi connectivity index (χ1n) is 26.4. The third-order valence-electron chi connectivity index (χ3n) is 12.9. The van der Waals surface area contributed by atoms with E-state index in [1.54, 1.807) is 0 Å². The van der Waals surface area contributed by atoms with Crippen molar-refractivity contribution in [2.75, 3.05) is 10.6 Å². The number of benzene rings is 2. The van der Waals surface area contributed by atoms with Crippen LogP contribution >= 0.6 is 25.3 Å². The monoisotopic (exact) mass is 1150 g/mol. The van der Waals surface area contributed by atoms with E-state index in [9.17, 15) is 79.2 Å². The minimum Gasteiger partial charge on any atom is -0.481 e. The van der Waals surface area contributed by atoms with Crippen LogP contribution in [-0.2, 0) is 89.7 Å². The van der Waals surface area contributed by atoms with E-state index < -0.39 is 71.4 Å². The predicted molar refractivity (Wildman–Crippen MR) is 305 cm³/mol. The van der Waals surface area contributed by atoms with Crippen LogP contribution in [0.3, 0.4) is 0 Å². The number of rotatable bonds is 36. The van der Waals surface area contributed by atoms with Crippen molar-refractivity contribution in [3.63, 3.8) is 0 Å². The van der Waals surface area contributed by atoms with Gasteiger partial charge in [-0.1, -0.05) is 52.0 Å². The van der Waals surface area contributed by atoms with Crippen molar-refractivity contribution >= 4 is 84.4 Å². The van der Waals surface area contributed by atoms with Crippen LogP contribution in [0.2, 0.25) is 0 Å². The fourth-order valence-corrected chi connectivity index (χ4v) is 9.25. The highest BCUT2D eigenvalue weighted by molar-refractivity contribution is 7.81. The van der Waals surface area contributed by atoms with Gasteiger partial charge < -0.3 is 51.5 Å². The molecule has 22 heteroatoms. The largest absolute Gasteiger partial charge is 0.481 e. The Morgan fingerprint density at radius 2 is 0.562 bits per heavy atom. The van der Waals surface area contributed by atoms with Gasteiger partial charge in [0.15, 0.2) is 0 Å². The van der Waals surface area contributed by atoms with Gasteiger partial charge in [0, 0.05) is 85.5 Å². The summed E-state index contributed by atoms with van der Waals surface area (Å²) in [6.45, 7) is 8.31. The Hall–Kier alpha value is -7.20. The summed E-state index contributed by atoms with van der Waals surface area (Å²) in [5, 5.41) is 80.7. The SMILES string of the molecule is CC(C)C(S)Nc1ccc(CCc2cc(CC(CC(=O)O)CC(=O)O)nc(CC(CC(=O)O)CC(=O)O)c2)cc1.CC(C)C(S)Nc1ccc(CCc2cc(CC(CC(=O)O)CC(=O)O)nc(CC(CC(=O)O)CC(=O)O)c2)cc1. The van der Waals surface area contributed by atoms with Crippen molar-refractivity contribution in [3.05, 3.63) is 118 Å². The summed E-state index contributed by atoms with van der Waals surface area (Å²) in [4.78, 5) is 99.6. The fraction of sp³-hybridized carbons (Fsp3) is 0.483. The lowest BCUT2D eigenvalue weighted by Crippen LogP contribution is -2.18. The Morgan fingerprint density at radius 3 is 0.750 bits per heavy atom. The molecule has 2 aromatic carbocycles. The number of carbonyl (C=O) groups is 8. The molecular formula is C58H76N4O16S2. The van der Waals surface area contributed by atoms with E-state index in [1.807, 2.05) is 72.8 Å². The van der Waals surface area contributed by atoms with E-state index >= 15 is 0 Å². The molecule has 10 N–H and O–H groups in total. The van der Waals surface area contributed by atoms with Crippen LogP contribution in [0, 0.1) is 35.5 Å². The van der Waals surface area contributed by atoms with Gasteiger partial charge in [0.25, 0.3) is 0 Å². The number of anilines is 2. The molecule has 0 aliphatic heterocycles. The summed E-state index contributed by atoms with van der Waals surface area (Å²) in [6.07, 6.45) is 0.335. The lowest BCUT2D eigenvalue weighted by molar-refractivity contribution is -0.142. The molecule has 80 heavy (non-hydrogen) atoms. The van der Waals surface area contributed by atoms with Gasteiger partial charge in [-0.15, -0.1) is 0 Å². The molecule has 20 nitrogen and oxygen atoms in total. The third-order valence-corrected chi connectivity index (χ3v) is 14.3. The highest BCUT2D eigenvalue weighted by atomic mass is 32.1. The minimum absolute atomic E-state index is 0.0247. The van der Waals surface area contributed by atoms with Crippen molar-refractivity contribution < 1.29 is 79.2 Å². The molecule has 0 bridgehead atoms. The number of thiol groups is 2. The van der Waals surface area contributed by atoms with E-state index in [4.69, 9.17) is 0 Å². The second-order valence-corrected chi connectivity index (χ2v) is 22.2. The smallest absolute Gasteiger partial charge is 0.303 e. The first-order valence-corrected chi connectivity index (χ1v) is 27.4. The second kappa shape index (κ2) is 34.1. The predicted octanol–water partition coefficient (Wildman–Crippen LogP) is 8.81. The Kier molecular flexibility index (Phi) is 28.6. The van der Waals surface area contributed by atoms with Crippen molar-refractivity contribution in [1.29, 1.82) is 0 Å². The normalized spacial score (nSPS) is 12.1. The zero-order valence-corrected chi connectivity index (χ0v) is 47.3. The molecular weight excluding hydrogens is 1070 g/mol. The topological polar surface area (TPSA) is 348 Å². The van der Waals surface area contributed by atoms with E-state index in [0.717, 1.165) is 33.6 Å². The van der Waals surface area contributed by atoms with Crippen molar-refractivity contribution in [2.24, 2.45) is 35.5 Å². The molecule has 0 radical (unpaired) electrons. The van der Waals surface area contributed by atoms with Crippen LogP contribution in [0.5, 0.6) is 0 Å². The quantitative estimate of drug-likeness (QED) is 0.0149. The average Bonchev–Trinajstić information content (AvgIpc) is 3.32. The summed E-state index contributed by atoms with van der Waals surface area (Å²) in [5.41, 5.74) is 7.79. The molecule has 0 saturated carbocycles. The van der Waals surface area contributed by atoms with E-state index in [-0.39, 0.29) is 87.8 Å². The van der Waals surface area contributed by atoms with Gasteiger partial charge in [-0.25, -0.2) is 0 Å². The molecule has 0 aliphatic rings. The molecule has 0 aliphatic carbocycles. The number of pyridine rings is 2. The highest BCUT2D eigenvalue weighted by Gasteiger charge is 2.24. The third kappa shape index (κ3) is 28.1. The number of nitrogens with zero attached hydrogens (tertiary/aromatic N) is 2. The van der Waals surface area contributed by atoms with Gasteiger partial charge >= 0.3 is 47.8 Å². The van der Waals surface area contributed by atoms with Gasteiger partial charge in [0.1, 0.15) is 0 Å². The Bertz CT molecular complexity index is 2340. The number of aryl methyl sites for hydroxylation is 4. The fourth-order valence-electron chi connectivity index (χ4n) is 8.96. The number of aromatic nitrogens is 2. The van der Waals surface area contributed by atoms with Gasteiger partial charge in [0.2, 0.25) is 0 Å². The molecule has 0 spiro atoms. The molecule has 436 valence electrons. The number of hydrogen-bond acceptors (Lipinski definition) is 14. The first-order chi connectivity index (χ1) is 37.6. The zero-order valence-electron chi connectivity index (χ0n) is 45.5. The summed E-state index contributed by atoms with van der Waals surface area (Å²) < 4.78 is 0. The van der Waals surface area contributed by atoms with Gasteiger partial charge in [-0.2, -0.15) is 25.3 Å². The van der Waals surface area contributed by atoms with Crippen LogP contribution in [0.25, 0.3) is 0 Å². The first kappa shape index (κ1) is 67.1. The number of aliphatic carboxylic acids is 8. The van der Waals surface area contributed by atoms with E-state index in [2.05, 4.69) is 73.6 Å². The highest BCUT2D eigenvalue weighted by Crippen LogP contribution is 2.25. The Morgan fingerprint density at radius 1 is 0.362 bits per heavy atom. The lowest BCUT2D eigenvalue weighted by Gasteiger charge is -2.18. The molecule has 4 aromatic rings. The van der Waals surface area contributed by atoms with Crippen LogP contribution in [0.15, 0.2) is 72.8 Å². The maximum absolute atomic E-state index is 11.3. The Balaban J connectivity index is 0.000000420. The Labute approximate surface area is 476 Å². The van der Waals surface area contributed by atoms with Crippen LogP contribution in [-0.4, -0.2) is 109 Å². The number of hydrogen-bond donors (Lipinski definition) is 12. The molecule has 0 saturated heterocycles. The average molecular weight is 1150 g/mol. The molecule has 0 fully saturated rings. The molecule has 2 heterocycles. The molecule has 4 rings (SSSR count). The van der Waals surface area contributed by atoms with Gasteiger partial charge in [-0.3, -0.25) is 48.3 Å². The molecule has 2 aromatic heterocycles. The number of carboxylic acid groups (broad SMARTS) is 8. The van der Waals surface area contributed by atoms with E-state index in [0.29, 0.717) is 60.3 Å². The van der Waals surface area contributed by atoms with Gasteiger partial charge in [-0.05, 0) is 158 Å². The van der Waals surface area contributed by atoms with Crippen molar-refractivity contribution in [1.82, 2.24) is 9.97 Å². The summed E-state index contributed by atoms with van der Waals surface area (Å²) in [6, 6.07) is 23.2. The number of carboxylic acids is 8. The molecule has 2 atom stereocenters. The maximum atomic E-state index is 11.3. The summed E-state index contributed by atoms with van der Waals surface area (Å²) in [7, 11) is 0. The lowest BCUT2D eigenvalue weighted by atomic mass is 9.92. The maximum Gasteiger partial charge on any atom is 0.303 e. The molecule has 2 unspecified atom stereocenters. The standard InChI is InChI=1S/2C29H38N2O8S/c2*1-17(2)29(40)31-22-7-5-18(6-8-22)3-4-19-9-23(11-20(13-25(32)33)14-26(34)35)30-24(10-19)12-21(15-27(36)37)16-28(38)39/h2*5-10,17,20-21,29,31,40H,3-4,11-16H2,1-2H3,(H,32,33)(H,34,35)(H,36,37)(H,38,39). The second-order valence-electron chi connectivity index (χ2n) is 21.0. The molecule has 0 amide bonds. The minimum atomic E-state index is -1.11. The summed E-state index contributed by atoms with van der Waals surface area (Å²) >= 11 is 9.09. The van der Waals surface area contributed by atoms with Crippen LogP contribution < -0.4 is 10.6 Å². The zero-order chi connectivity index (χ0) is 59.6. The number of nitrogens with one attached hydrogen (secondary N) is 2. The van der Waals surface area contributed by atoms with E-state index in [1.165, 1.54) is 0 Å². The van der Waals surface area contributed by atoms with Crippen molar-refractivity contribution in [3.8, 4) is 0 Å². The summed E-state index contributed by atoms with van der Waals surface area (Å²) in [5.74, 6) is -10.9. The van der Waals surface area contributed by atoms with Crippen LogP contribution in [0.4, 0.5) is 11.4 Å². The van der Waals surface area contributed by atoms with Crippen LogP contribution in [0.1, 0.15) is 124 Å². The van der Waals surface area contributed by atoms with Crippen molar-refractivity contribution in [2.45, 2.75) is 141 Å².